The van der Waals surface area contributed by atoms with Gasteiger partial charge in [-0.15, -0.1) is 0 Å². The van der Waals surface area contributed by atoms with Crippen LogP contribution in [0.2, 0.25) is 0 Å². The lowest BCUT2D eigenvalue weighted by molar-refractivity contribution is -0.141. The summed E-state index contributed by atoms with van der Waals surface area (Å²) in [4.78, 5) is 11.1. The Morgan fingerprint density at radius 2 is 2.18 bits per heavy atom. The van der Waals surface area contributed by atoms with E-state index in [1.54, 1.807) is 0 Å². The van der Waals surface area contributed by atoms with Gasteiger partial charge in [0, 0.05) is 16.6 Å². The number of carbonyl (C=O) groups is 1. The van der Waals surface area contributed by atoms with Gasteiger partial charge < -0.3 is 10.1 Å². The second kappa shape index (κ2) is 6.77. The van der Waals surface area contributed by atoms with Crippen LogP contribution in [0.3, 0.4) is 0 Å². The van der Waals surface area contributed by atoms with E-state index in [4.69, 9.17) is 0 Å². The van der Waals surface area contributed by atoms with Gasteiger partial charge in [0.2, 0.25) is 0 Å². The van der Waals surface area contributed by atoms with E-state index in [2.05, 4.69) is 45.0 Å². The summed E-state index contributed by atoms with van der Waals surface area (Å²) in [7, 11) is 1.41. The molecule has 0 saturated heterocycles. The van der Waals surface area contributed by atoms with Gasteiger partial charge in [-0.05, 0) is 31.5 Å². The molecule has 0 fully saturated rings. The average molecular weight is 300 g/mol. The summed E-state index contributed by atoms with van der Waals surface area (Å²) in [6.07, 6.45) is 0.384. The van der Waals surface area contributed by atoms with Crippen molar-refractivity contribution in [3.63, 3.8) is 0 Å². The van der Waals surface area contributed by atoms with Crippen LogP contribution in [-0.2, 0) is 9.53 Å². The maximum absolute atomic E-state index is 11.1. The van der Waals surface area contributed by atoms with Gasteiger partial charge in [-0.3, -0.25) is 4.79 Å². The first kappa shape index (κ1) is 14.2. The highest BCUT2D eigenvalue weighted by Crippen LogP contribution is 2.18. The van der Waals surface area contributed by atoms with Crippen molar-refractivity contribution in [2.24, 2.45) is 0 Å². The van der Waals surface area contributed by atoms with Crippen LogP contribution in [0, 0.1) is 0 Å². The minimum atomic E-state index is -0.188. The van der Waals surface area contributed by atoms with E-state index < -0.39 is 0 Å². The molecule has 0 saturated carbocycles. The summed E-state index contributed by atoms with van der Waals surface area (Å²) in [5.41, 5.74) is 1.19. The maximum Gasteiger partial charge on any atom is 0.307 e. The Morgan fingerprint density at radius 3 is 2.76 bits per heavy atom. The van der Waals surface area contributed by atoms with Crippen LogP contribution in [0.5, 0.6) is 0 Å². The Hall–Kier alpha value is -0.870. The van der Waals surface area contributed by atoms with Crippen molar-refractivity contribution in [1.82, 2.24) is 5.32 Å². The number of carbonyl (C=O) groups excluding carboxylic acids is 1. The quantitative estimate of drug-likeness (QED) is 0.849. The smallest absolute Gasteiger partial charge is 0.307 e. The molecule has 0 amide bonds. The predicted molar refractivity (Wildman–Crippen MR) is 71.8 cm³/mol. The molecule has 0 aliphatic carbocycles. The third-order valence-electron chi connectivity index (χ3n) is 2.58. The van der Waals surface area contributed by atoms with Gasteiger partial charge in [-0.25, -0.2) is 0 Å². The van der Waals surface area contributed by atoms with Crippen LogP contribution in [-0.4, -0.2) is 19.1 Å². The fourth-order valence-electron chi connectivity index (χ4n) is 1.69. The molecule has 0 aliphatic rings. The van der Waals surface area contributed by atoms with Crippen LogP contribution in [0.25, 0.3) is 0 Å². The zero-order valence-corrected chi connectivity index (χ0v) is 12.0. The minimum Gasteiger partial charge on any atom is -0.469 e. The maximum atomic E-state index is 11.1. The van der Waals surface area contributed by atoms with Gasteiger partial charge in [0.05, 0.1) is 13.5 Å². The molecule has 0 aliphatic heterocycles. The second-order valence-corrected chi connectivity index (χ2v) is 5.04. The van der Waals surface area contributed by atoms with Crippen molar-refractivity contribution in [1.29, 1.82) is 0 Å². The molecule has 3 nitrogen and oxygen atoms in total. The Morgan fingerprint density at radius 1 is 1.47 bits per heavy atom. The van der Waals surface area contributed by atoms with Gasteiger partial charge >= 0.3 is 5.97 Å². The Kier molecular flexibility index (Phi) is 5.65. The molecule has 1 aromatic rings. The number of nitrogens with one attached hydrogen (secondary N) is 1. The first-order valence-corrected chi connectivity index (χ1v) is 6.40. The van der Waals surface area contributed by atoms with Crippen molar-refractivity contribution in [3.05, 3.63) is 34.3 Å². The fraction of sp³-hybridized carbons (Fsp3) is 0.462. The van der Waals surface area contributed by atoms with Crippen LogP contribution >= 0.6 is 15.9 Å². The van der Waals surface area contributed by atoms with E-state index >= 15 is 0 Å². The second-order valence-electron chi connectivity index (χ2n) is 4.12. The third kappa shape index (κ3) is 4.88. The van der Waals surface area contributed by atoms with Crippen molar-refractivity contribution in [2.45, 2.75) is 32.4 Å². The van der Waals surface area contributed by atoms with Gasteiger partial charge in [0.1, 0.15) is 0 Å². The summed E-state index contributed by atoms with van der Waals surface area (Å²) >= 11 is 3.45. The highest BCUT2D eigenvalue weighted by Gasteiger charge is 2.13. The fourth-order valence-corrected chi connectivity index (χ4v) is 2.11. The summed E-state index contributed by atoms with van der Waals surface area (Å²) in [6.45, 7) is 4.06. The summed E-state index contributed by atoms with van der Waals surface area (Å²) in [5, 5.41) is 3.37. The molecule has 1 N–H and O–H groups in total. The summed E-state index contributed by atoms with van der Waals surface area (Å²) in [6, 6.07) is 8.43. The molecular weight excluding hydrogens is 282 g/mol. The van der Waals surface area contributed by atoms with E-state index in [0.717, 1.165) is 4.47 Å². The third-order valence-corrected chi connectivity index (χ3v) is 3.08. The molecule has 17 heavy (non-hydrogen) atoms. The molecule has 1 aromatic carbocycles. The Labute approximate surface area is 111 Å². The number of halogens is 1. The standard InChI is InChI=1S/C13H18BrNO2/c1-9(7-13(16)17-3)15-10(2)11-5-4-6-12(14)8-11/h4-6,8-10,15H,7H2,1-3H3/t9?,10-/m1/s1. The molecule has 1 rings (SSSR count). The van der Waals surface area contributed by atoms with E-state index in [1.807, 2.05) is 19.1 Å². The lowest BCUT2D eigenvalue weighted by Crippen LogP contribution is -2.31. The zero-order chi connectivity index (χ0) is 12.8. The number of hydrogen-bond acceptors (Lipinski definition) is 3. The van der Waals surface area contributed by atoms with Crippen LogP contribution in [0.15, 0.2) is 28.7 Å². The molecule has 4 heteroatoms. The largest absolute Gasteiger partial charge is 0.469 e. The van der Waals surface area contributed by atoms with Crippen LogP contribution < -0.4 is 5.32 Å². The monoisotopic (exact) mass is 299 g/mol. The normalized spacial score (nSPS) is 14.1. The van der Waals surface area contributed by atoms with Gasteiger partial charge in [0.15, 0.2) is 0 Å². The number of benzene rings is 1. The molecule has 0 bridgehead atoms. The molecule has 0 spiro atoms. The molecule has 2 atom stereocenters. The summed E-state index contributed by atoms with van der Waals surface area (Å²) in [5.74, 6) is -0.188. The first-order chi connectivity index (χ1) is 8.02. The average Bonchev–Trinajstić information content (AvgIpc) is 2.28. The topological polar surface area (TPSA) is 38.3 Å². The van der Waals surface area contributed by atoms with Crippen molar-refractivity contribution >= 4 is 21.9 Å². The molecule has 0 aromatic heterocycles. The SMILES string of the molecule is COC(=O)CC(C)N[C@H](C)c1cccc(Br)c1. The number of rotatable bonds is 5. The highest BCUT2D eigenvalue weighted by atomic mass is 79.9. The van der Waals surface area contributed by atoms with E-state index in [9.17, 15) is 4.79 Å². The van der Waals surface area contributed by atoms with Gasteiger partial charge in [-0.1, -0.05) is 28.1 Å². The van der Waals surface area contributed by atoms with Crippen molar-refractivity contribution in [2.75, 3.05) is 7.11 Å². The summed E-state index contributed by atoms with van der Waals surface area (Å²) < 4.78 is 5.70. The number of ether oxygens (including phenoxy) is 1. The van der Waals surface area contributed by atoms with Gasteiger partial charge in [-0.2, -0.15) is 0 Å². The molecule has 1 unspecified atom stereocenters. The van der Waals surface area contributed by atoms with E-state index in [0.29, 0.717) is 6.42 Å². The minimum absolute atomic E-state index is 0.0939. The van der Waals surface area contributed by atoms with Crippen LogP contribution in [0.1, 0.15) is 31.9 Å². The van der Waals surface area contributed by atoms with Gasteiger partial charge in [0.25, 0.3) is 0 Å². The van der Waals surface area contributed by atoms with Crippen LogP contribution in [0.4, 0.5) is 0 Å². The molecular formula is C13H18BrNO2. The molecule has 0 radical (unpaired) electrons. The highest BCUT2D eigenvalue weighted by molar-refractivity contribution is 9.10. The lowest BCUT2D eigenvalue weighted by Gasteiger charge is -2.19. The number of methoxy groups -OCH3 is 1. The zero-order valence-electron chi connectivity index (χ0n) is 10.4. The Balaban J connectivity index is 2.54. The lowest BCUT2D eigenvalue weighted by atomic mass is 10.1. The van der Waals surface area contributed by atoms with E-state index in [-0.39, 0.29) is 18.1 Å². The predicted octanol–water partition coefficient (Wildman–Crippen LogP) is 3.05. The van der Waals surface area contributed by atoms with Crippen molar-refractivity contribution < 1.29 is 9.53 Å². The molecule has 0 heterocycles. The van der Waals surface area contributed by atoms with Crippen molar-refractivity contribution in [3.8, 4) is 0 Å². The number of esters is 1. The number of hydrogen-bond donors (Lipinski definition) is 1. The first-order valence-electron chi connectivity index (χ1n) is 5.61. The molecule has 94 valence electrons. The van der Waals surface area contributed by atoms with E-state index in [1.165, 1.54) is 12.7 Å². The Bertz CT molecular complexity index is 381.